The average Bonchev–Trinajstić information content (AvgIpc) is 2.48. The fourth-order valence-corrected chi connectivity index (χ4v) is 3.53. The fourth-order valence-electron chi connectivity index (χ4n) is 3.53. The van der Waals surface area contributed by atoms with Gasteiger partial charge in [0.1, 0.15) is 0 Å². The zero-order chi connectivity index (χ0) is 13.9. The minimum Gasteiger partial charge on any atom is -0.311 e. The van der Waals surface area contributed by atoms with Crippen LogP contribution in [0.4, 0.5) is 0 Å². The summed E-state index contributed by atoms with van der Waals surface area (Å²) in [5.41, 5.74) is 3.06. The van der Waals surface area contributed by atoms with Crippen LogP contribution in [-0.4, -0.2) is 17.0 Å². The van der Waals surface area contributed by atoms with Gasteiger partial charge < -0.3 is 5.32 Å². The van der Waals surface area contributed by atoms with Gasteiger partial charge in [0.2, 0.25) is 0 Å². The van der Waals surface area contributed by atoms with Gasteiger partial charge in [0.15, 0.2) is 0 Å². The summed E-state index contributed by atoms with van der Waals surface area (Å²) in [6.07, 6.45) is 7.24. The molecule has 1 aromatic heterocycles. The van der Waals surface area contributed by atoms with E-state index in [2.05, 4.69) is 17.2 Å². The molecule has 0 saturated heterocycles. The molecule has 0 amide bonds. The summed E-state index contributed by atoms with van der Waals surface area (Å²) < 4.78 is 0. The molecule has 0 spiro atoms. The van der Waals surface area contributed by atoms with Crippen molar-refractivity contribution in [2.45, 2.75) is 38.6 Å². The van der Waals surface area contributed by atoms with Gasteiger partial charge in [-0.15, -0.1) is 0 Å². The maximum absolute atomic E-state index is 4.82. The summed E-state index contributed by atoms with van der Waals surface area (Å²) in [5.74, 6) is 1.51. The second kappa shape index (κ2) is 5.88. The largest absolute Gasteiger partial charge is 0.311 e. The van der Waals surface area contributed by atoms with Gasteiger partial charge in [0.25, 0.3) is 0 Å². The van der Waals surface area contributed by atoms with Crippen molar-refractivity contribution in [3.05, 3.63) is 36.2 Å². The molecular weight excluding hydrogens is 246 g/mol. The van der Waals surface area contributed by atoms with E-state index in [1.807, 2.05) is 37.5 Å². The lowest BCUT2D eigenvalue weighted by Crippen LogP contribution is -2.29. The summed E-state index contributed by atoms with van der Waals surface area (Å²) in [7, 11) is 2.04. The molecule has 3 unspecified atom stereocenters. The van der Waals surface area contributed by atoms with Crippen LogP contribution in [0.2, 0.25) is 0 Å². The van der Waals surface area contributed by atoms with Crippen molar-refractivity contribution < 1.29 is 0 Å². The van der Waals surface area contributed by atoms with E-state index in [-0.39, 0.29) is 0 Å². The highest BCUT2D eigenvalue weighted by Gasteiger charge is 2.27. The Morgan fingerprint density at radius 2 is 2.00 bits per heavy atom. The molecule has 3 nitrogen and oxygen atoms in total. The molecule has 0 bridgehead atoms. The molecule has 0 radical (unpaired) electrons. The van der Waals surface area contributed by atoms with Crippen molar-refractivity contribution in [1.82, 2.24) is 15.3 Å². The van der Waals surface area contributed by atoms with Gasteiger partial charge in [-0.25, -0.2) is 4.98 Å². The zero-order valence-electron chi connectivity index (χ0n) is 12.3. The van der Waals surface area contributed by atoms with Crippen LogP contribution in [0.15, 0.2) is 30.5 Å². The second-order valence-corrected chi connectivity index (χ2v) is 6.08. The topological polar surface area (TPSA) is 37.8 Å². The highest BCUT2D eigenvalue weighted by molar-refractivity contribution is 5.73. The number of rotatable bonds is 3. The third-order valence-electron chi connectivity index (χ3n) is 4.55. The van der Waals surface area contributed by atoms with Crippen molar-refractivity contribution in [2.75, 3.05) is 7.05 Å². The zero-order valence-corrected chi connectivity index (χ0v) is 12.3. The van der Waals surface area contributed by atoms with E-state index in [0.717, 1.165) is 22.6 Å². The fraction of sp³-hybridized carbons (Fsp3) is 0.529. The lowest BCUT2D eigenvalue weighted by atomic mass is 9.78. The van der Waals surface area contributed by atoms with E-state index >= 15 is 0 Å². The number of hydrogen-bond acceptors (Lipinski definition) is 3. The summed E-state index contributed by atoms with van der Waals surface area (Å²) in [6, 6.07) is 8.42. The van der Waals surface area contributed by atoms with Crippen LogP contribution in [0.1, 0.15) is 44.3 Å². The summed E-state index contributed by atoms with van der Waals surface area (Å²) in [4.78, 5) is 9.38. The minimum absolute atomic E-state index is 0.329. The molecule has 3 heteroatoms. The van der Waals surface area contributed by atoms with E-state index < -0.39 is 0 Å². The molecular formula is C17H23N3. The molecule has 2 aromatic rings. The Bertz CT molecular complexity index is 581. The predicted octanol–water partition coefficient (Wildman–Crippen LogP) is 3.72. The molecule has 3 rings (SSSR count). The van der Waals surface area contributed by atoms with Crippen LogP contribution in [0.25, 0.3) is 11.0 Å². The van der Waals surface area contributed by atoms with Gasteiger partial charge in [-0.05, 0) is 43.9 Å². The Labute approximate surface area is 120 Å². The molecule has 1 aliphatic rings. The highest BCUT2D eigenvalue weighted by atomic mass is 14.9. The third-order valence-corrected chi connectivity index (χ3v) is 4.55. The van der Waals surface area contributed by atoms with Crippen LogP contribution < -0.4 is 5.32 Å². The summed E-state index contributed by atoms with van der Waals surface area (Å²) in [6.45, 7) is 2.37. The first kappa shape index (κ1) is 13.5. The number of para-hydroxylation sites is 2. The number of nitrogens with zero attached hydrogens (tertiary/aromatic N) is 2. The molecule has 106 valence electrons. The maximum atomic E-state index is 4.82. The third kappa shape index (κ3) is 2.68. The van der Waals surface area contributed by atoms with Gasteiger partial charge in [-0.1, -0.05) is 31.9 Å². The van der Waals surface area contributed by atoms with E-state index in [0.29, 0.717) is 12.0 Å². The quantitative estimate of drug-likeness (QED) is 0.923. The number of hydrogen-bond donors (Lipinski definition) is 1. The van der Waals surface area contributed by atoms with Crippen LogP contribution in [0, 0.1) is 11.8 Å². The van der Waals surface area contributed by atoms with Gasteiger partial charge in [0.05, 0.1) is 29.0 Å². The van der Waals surface area contributed by atoms with E-state index in [1.54, 1.807) is 0 Å². The SMILES string of the molecule is CNC(c1cnc2ccccc2n1)C1CCCC(C)C1. The van der Waals surface area contributed by atoms with E-state index in [9.17, 15) is 0 Å². The van der Waals surface area contributed by atoms with Crippen LogP contribution in [0.5, 0.6) is 0 Å². The standard InChI is InChI=1S/C17H23N3/c1-12-6-5-7-13(10-12)17(18-2)16-11-19-14-8-3-4-9-15(14)20-16/h3-4,8-9,11-13,17-18H,5-7,10H2,1-2H3. The van der Waals surface area contributed by atoms with E-state index in [1.165, 1.54) is 25.7 Å². The molecule has 3 atom stereocenters. The van der Waals surface area contributed by atoms with Crippen molar-refractivity contribution in [1.29, 1.82) is 0 Å². The van der Waals surface area contributed by atoms with Crippen molar-refractivity contribution in [2.24, 2.45) is 11.8 Å². The summed E-state index contributed by atoms with van der Waals surface area (Å²) in [5, 5.41) is 3.47. The van der Waals surface area contributed by atoms with Crippen LogP contribution in [-0.2, 0) is 0 Å². The Morgan fingerprint density at radius 1 is 1.20 bits per heavy atom. The van der Waals surface area contributed by atoms with Crippen molar-refractivity contribution in [3.8, 4) is 0 Å². The van der Waals surface area contributed by atoms with Gasteiger partial charge >= 0.3 is 0 Å². The first-order valence-electron chi connectivity index (χ1n) is 7.67. The van der Waals surface area contributed by atoms with Crippen molar-refractivity contribution in [3.63, 3.8) is 0 Å². The lowest BCUT2D eigenvalue weighted by molar-refractivity contribution is 0.227. The normalized spacial score (nSPS) is 24.7. The second-order valence-electron chi connectivity index (χ2n) is 6.08. The molecule has 1 fully saturated rings. The Hall–Kier alpha value is -1.48. The molecule has 1 saturated carbocycles. The van der Waals surface area contributed by atoms with Crippen LogP contribution in [0.3, 0.4) is 0 Å². The molecule has 1 heterocycles. The number of nitrogens with one attached hydrogen (secondary N) is 1. The molecule has 0 aliphatic heterocycles. The Balaban J connectivity index is 1.90. The van der Waals surface area contributed by atoms with Gasteiger partial charge in [-0.2, -0.15) is 0 Å². The van der Waals surface area contributed by atoms with Crippen molar-refractivity contribution >= 4 is 11.0 Å². The first-order valence-corrected chi connectivity index (χ1v) is 7.67. The smallest absolute Gasteiger partial charge is 0.0890 e. The van der Waals surface area contributed by atoms with Crippen LogP contribution >= 0.6 is 0 Å². The molecule has 1 N–H and O–H groups in total. The minimum atomic E-state index is 0.329. The number of benzene rings is 1. The first-order chi connectivity index (χ1) is 9.78. The monoisotopic (exact) mass is 269 g/mol. The van der Waals surface area contributed by atoms with E-state index in [4.69, 9.17) is 4.98 Å². The number of aromatic nitrogens is 2. The number of fused-ring (bicyclic) bond motifs is 1. The Morgan fingerprint density at radius 3 is 2.75 bits per heavy atom. The maximum Gasteiger partial charge on any atom is 0.0890 e. The average molecular weight is 269 g/mol. The van der Waals surface area contributed by atoms with Gasteiger partial charge in [-0.3, -0.25) is 4.98 Å². The molecule has 1 aromatic carbocycles. The summed E-state index contributed by atoms with van der Waals surface area (Å²) >= 11 is 0. The highest BCUT2D eigenvalue weighted by Crippen LogP contribution is 2.36. The lowest BCUT2D eigenvalue weighted by Gasteiger charge is -2.32. The molecule has 20 heavy (non-hydrogen) atoms. The molecule has 1 aliphatic carbocycles. The predicted molar refractivity (Wildman–Crippen MR) is 82.5 cm³/mol. The van der Waals surface area contributed by atoms with Gasteiger partial charge in [0, 0.05) is 0 Å². The Kier molecular flexibility index (Phi) is 3.97.